The van der Waals surface area contributed by atoms with Crippen LogP contribution in [0.25, 0.3) is 0 Å². The van der Waals surface area contributed by atoms with Crippen LogP contribution >= 0.6 is 0 Å². The first-order valence-electron chi connectivity index (χ1n) is 4.24. The van der Waals surface area contributed by atoms with E-state index in [1.807, 2.05) is 0 Å². The highest BCUT2D eigenvalue weighted by Gasteiger charge is 2.14. The molecule has 0 radical (unpaired) electrons. The van der Waals surface area contributed by atoms with E-state index in [4.69, 9.17) is 19.5 Å². The number of rotatable bonds is 5. The van der Waals surface area contributed by atoms with Crippen LogP contribution in [-0.2, 0) is 15.9 Å². The summed E-state index contributed by atoms with van der Waals surface area (Å²) in [6, 6.07) is 3.23. The van der Waals surface area contributed by atoms with Crippen molar-refractivity contribution in [1.29, 1.82) is 0 Å². The van der Waals surface area contributed by atoms with Crippen molar-refractivity contribution in [3.63, 3.8) is 0 Å². The van der Waals surface area contributed by atoms with Crippen molar-refractivity contribution in [2.24, 2.45) is 0 Å². The Hall–Kier alpha value is -1.93. The summed E-state index contributed by atoms with van der Waals surface area (Å²) in [6.45, 7) is -0.734. The molecule has 0 saturated carbocycles. The van der Waals surface area contributed by atoms with Gasteiger partial charge in [0.1, 0.15) is 11.3 Å². The summed E-state index contributed by atoms with van der Waals surface area (Å²) in [5, 5.41) is 17.2. The molecule has 0 amide bonds. The minimum absolute atomic E-state index is 0.0737. The molecule has 0 aliphatic rings. The molecule has 0 heterocycles. The second kappa shape index (κ2) is 5.41. The molecule has 92 valence electrons. The number of hydrogen-bond donors (Lipinski definition) is 3. The van der Waals surface area contributed by atoms with E-state index >= 15 is 0 Å². The second-order valence-electron chi connectivity index (χ2n) is 2.89. The van der Waals surface area contributed by atoms with Crippen LogP contribution in [-0.4, -0.2) is 37.5 Å². The molecule has 1 atom stereocenters. The lowest BCUT2D eigenvalue weighted by molar-refractivity contribution is -0.139. The van der Waals surface area contributed by atoms with E-state index in [0.717, 1.165) is 18.2 Å². The van der Waals surface area contributed by atoms with E-state index in [2.05, 4.69) is 0 Å². The predicted molar refractivity (Wildman–Crippen MR) is 55.6 cm³/mol. The van der Waals surface area contributed by atoms with E-state index < -0.39 is 29.6 Å². The molecule has 8 heteroatoms. The van der Waals surface area contributed by atoms with Crippen molar-refractivity contribution in [2.45, 2.75) is 4.90 Å². The molecule has 7 nitrogen and oxygen atoms in total. The summed E-state index contributed by atoms with van der Waals surface area (Å²) in [4.78, 5) is 21.0. The standard InChI is InChI=1S/C9H8O7S/c10-8(11)4-16-7-3-5(17(14)15)1-2-6(7)9(12)13/h1-3H,4H2,(H,10,11)(H,12,13)(H,14,15). The molecule has 0 aliphatic carbocycles. The number of hydrogen-bond acceptors (Lipinski definition) is 4. The lowest BCUT2D eigenvalue weighted by atomic mass is 10.2. The molecule has 1 rings (SSSR count). The average molecular weight is 260 g/mol. The monoisotopic (exact) mass is 260 g/mol. The largest absolute Gasteiger partial charge is 0.481 e. The van der Waals surface area contributed by atoms with Gasteiger partial charge >= 0.3 is 11.9 Å². The lowest BCUT2D eigenvalue weighted by Gasteiger charge is -2.07. The van der Waals surface area contributed by atoms with Gasteiger partial charge in [-0.15, -0.1) is 0 Å². The molecule has 0 spiro atoms. The first kappa shape index (κ1) is 13.1. The van der Waals surface area contributed by atoms with Crippen LogP contribution in [0.4, 0.5) is 0 Å². The van der Waals surface area contributed by atoms with Gasteiger partial charge in [-0.2, -0.15) is 0 Å². The number of carboxylic acids is 2. The first-order valence-corrected chi connectivity index (χ1v) is 5.35. The maximum atomic E-state index is 10.8. The molecular weight excluding hydrogens is 252 g/mol. The fourth-order valence-corrected chi connectivity index (χ4v) is 1.44. The first-order chi connectivity index (χ1) is 7.91. The topological polar surface area (TPSA) is 121 Å². The minimum Gasteiger partial charge on any atom is -0.481 e. The molecule has 1 aromatic carbocycles. The Labute approximate surface area is 97.9 Å². The van der Waals surface area contributed by atoms with Gasteiger partial charge in [0, 0.05) is 0 Å². The maximum Gasteiger partial charge on any atom is 0.341 e. The Kier molecular flexibility index (Phi) is 4.18. The number of carbonyl (C=O) groups is 2. The van der Waals surface area contributed by atoms with Gasteiger partial charge in [0.15, 0.2) is 17.7 Å². The molecule has 17 heavy (non-hydrogen) atoms. The van der Waals surface area contributed by atoms with Gasteiger partial charge in [-0.3, -0.25) is 0 Å². The zero-order valence-corrected chi connectivity index (χ0v) is 9.14. The van der Waals surface area contributed by atoms with Crippen LogP contribution in [0.1, 0.15) is 10.4 Å². The molecule has 0 saturated heterocycles. The number of benzene rings is 1. The van der Waals surface area contributed by atoms with E-state index in [1.165, 1.54) is 0 Å². The van der Waals surface area contributed by atoms with Crippen molar-refractivity contribution >= 4 is 23.0 Å². The van der Waals surface area contributed by atoms with Crippen molar-refractivity contribution in [3.8, 4) is 5.75 Å². The third kappa shape index (κ3) is 3.54. The number of aromatic carboxylic acids is 1. The van der Waals surface area contributed by atoms with Gasteiger partial charge < -0.3 is 19.5 Å². The van der Waals surface area contributed by atoms with E-state index in [-0.39, 0.29) is 16.2 Å². The summed E-state index contributed by atoms with van der Waals surface area (Å²) in [6.07, 6.45) is 0. The normalized spacial score (nSPS) is 11.8. The third-order valence-corrected chi connectivity index (χ3v) is 2.39. The Morgan fingerprint density at radius 1 is 1.29 bits per heavy atom. The van der Waals surface area contributed by atoms with Crippen LogP contribution in [0.3, 0.4) is 0 Å². The van der Waals surface area contributed by atoms with Crippen LogP contribution in [0.15, 0.2) is 23.1 Å². The van der Waals surface area contributed by atoms with Crippen LogP contribution in [0.5, 0.6) is 5.75 Å². The zero-order valence-electron chi connectivity index (χ0n) is 8.32. The molecule has 3 N–H and O–H groups in total. The lowest BCUT2D eigenvalue weighted by Crippen LogP contribution is -2.12. The van der Waals surface area contributed by atoms with Gasteiger partial charge in [0.05, 0.1) is 4.90 Å². The minimum atomic E-state index is -2.30. The molecule has 0 aromatic heterocycles. The zero-order chi connectivity index (χ0) is 13.0. The predicted octanol–water partition coefficient (Wildman–Crippen LogP) is 0.429. The van der Waals surface area contributed by atoms with Crippen LogP contribution in [0.2, 0.25) is 0 Å². The summed E-state index contributed by atoms with van der Waals surface area (Å²) >= 11 is -2.30. The Bertz CT molecular complexity index is 482. The Morgan fingerprint density at radius 2 is 1.94 bits per heavy atom. The van der Waals surface area contributed by atoms with Gasteiger partial charge in [0.2, 0.25) is 0 Å². The summed E-state index contributed by atoms with van der Waals surface area (Å²) in [5.74, 6) is -2.86. The molecular formula is C9H8O7S. The van der Waals surface area contributed by atoms with Gasteiger partial charge in [-0.1, -0.05) is 0 Å². The SMILES string of the molecule is O=C(O)COc1cc(S(=O)O)ccc1C(=O)O. The summed E-state index contributed by atoms with van der Waals surface area (Å²) in [5.41, 5.74) is -0.277. The Balaban J connectivity index is 3.11. The molecule has 0 fully saturated rings. The fraction of sp³-hybridized carbons (Fsp3) is 0.111. The van der Waals surface area contributed by atoms with Crippen LogP contribution < -0.4 is 4.74 Å². The second-order valence-corrected chi connectivity index (χ2v) is 3.86. The van der Waals surface area contributed by atoms with E-state index in [0.29, 0.717) is 0 Å². The van der Waals surface area contributed by atoms with Gasteiger partial charge in [-0.05, 0) is 18.2 Å². The molecule has 1 unspecified atom stereocenters. The van der Waals surface area contributed by atoms with E-state index in [9.17, 15) is 13.8 Å². The smallest absolute Gasteiger partial charge is 0.341 e. The van der Waals surface area contributed by atoms with Crippen LogP contribution in [0, 0.1) is 0 Å². The number of aliphatic carboxylic acids is 1. The average Bonchev–Trinajstić information content (AvgIpc) is 2.25. The highest BCUT2D eigenvalue weighted by molar-refractivity contribution is 7.79. The third-order valence-electron chi connectivity index (χ3n) is 1.74. The quantitative estimate of drug-likeness (QED) is 0.656. The fourth-order valence-electron chi connectivity index (χ4n) is 1.05. The number of ether oxygens (including phenoxy) is 1. The molecule has 1 aromatic rings. The summed E-state index contributed by atoms with van der Waals surface area (Å²) in [7, 11) is 0. The van der Waals surface area contributed by atoms with Crippen molar-refractivity contribution in [1.82, 2.24) is 0 Å². The van der Waals surface area contributed by atoms with Crippen molar-refractivity contribution in [2.75, 3.05) is 6.61 Å². The number of carboxylic acid groups (broad SMARTS) is 2. The Morgan fingerprint density at radius 3 is 2.41 bits per heavy atom. The van der Waals surface area contributed by atoms with E-state index in [1.54, 1.807) is 0 Å². The maximum absolute atomic E-state index is 10.8. The molecule has 0 bridgehead atoms. The highest BCUT2D eigenvalue weighted by Crippen LogP contribution is 2.22. The van der Waals surface area contributed by atoms with Gasteiger partial charge in [0.25, 0.3) is 0 Å². The van der Waals surface area contributed by atoms with Crippen molar-refractivity contribution < 1.29 is 33.3 Å². The highest BCUT2D eigenvalue weighted by atomic mass is 32.2. The van der Waals surface area contributed by atoms with Gasteiger partial charge in [-0.25, -0.2) is 13.8 Å². The van der Waals surface area contributed by atoms with Crippen molar-refractivity contribution in [3.05, 3.63) is 23.8 Å². The summed E-state index contributed by atoms with van der Waals surface area (Å²) < 4.78 is 24.3. The molecule has 0 aliphatic heterocycles.